The van der Waals surface area contributed by atoms with Gasteiger partial charge in [0, 0.05) is 23.5 Å². The monoisotopic (exact) mass is 328 g/mol. The lowest BCUT2D eigenvalue weighted by Gasteiger charge is -2.08. The number of amides is 2. The maximum Gasteiger partial charge on any atom is 0.233 e. The van der Waals surface area contributed by atoms with Gasteiger partial charge in [0.15, 0.2) is 11.5 Å². The van der Waals surface area contributed by atoms with Gasteiger partial charge in [-0.25, -0.2) is 0 Å². The standard InChI is InChI=1S/C17H16N2O5/c1-22-13-4-2-3-11(7-13)18-16(20)9-17(21)19-12-5-6-14-15(8-12)24-10-23-14/h2-8H,9-10H2,1H3,(H,18,20)(H,19,21). The Morgan fingerprint density at radius 1 is 1.00 bits per heavy atom. The van der Waals surface area contributed by atoms with Crippen molar-refractivity contribution in [2.75, 3.05) is 24.5 Å². The molecule has 24 heavy (non-hydrogen) atoms. The molecule has 0 aliphatic carbocycles. The van der Waals surface area contributed by atoms with Crippen molar-refractivity contribution in [3.63, 3.8) is 0 Å². The largest absolute Gasteiger partial charge is 0.497 e. The van der Waals surface area contributed by atoms with Gasteiger partial charge in [-0.15, -0.1) is 0 Å². The van der Waals surface area contributed by atoms with Crippen LogP contribution in [0, 0.1) is 0 Å². The Morgan fingerprint density at radius 2 is 1.71 bits per heavy atom. The molecule has 2 aromatic carbocycles. The molecule has 0 saturated heterocycles. The number of ether oxygens (including phenoxy) is 3. The molecule has 0 saturated carbocycles. The van der Waals surface area contributed by atoms with Crippen molar-refractivity contribution < 1.29 is 23.8 Å². The van der Waals surface area contributed by atoms with Crippen LogP contribution >= 0.6 is 0 Å². The summed E-state index contributed by atoms with van der Waals surface area (Å²) >= 11 is 0. The summed E-state index contributed by atoms with van der Waals surface area (Å²) in [5, 5.41) is 5.30. The molecule has 7 heteroatoms. The molecule has 0 aromatic heterocycles. The number of hydrogen-bond donors (Lipinski definition) is 2. The number of nitrogens with one attached hydrogen (secondary N) is 2. The summed E-state index contributed by atoms with van der Waals surface area (Å²) in [6.07, 6.45) is -0.300. The molecule has 0 radical (unpaired) electrons. The maximum absolute atomic E-state index is 12.0. The van der Waals surface area contributed by atoms with E-state index in [1.807, 2.05) is 0 Å². The summed E-state index contributed by atoms with van der Waals surface area (Å²) < 4.78 is 15.5. The second-order valence-electron chi connectivity index (χ2n) is 5.07. The molecule has 0 atom stereocenters. The summed E-state index contributed by atoms with van der Waals surface area (Å²) in [4.78, 5) is 23.9. The van der Waals surface area contributed by atoms with Crippen LogP contribution in [0.15, 0.2) is 42.5 Å². The highest BCUT2D eigenvalue weighted by Crippen LogP contribution is 2.34. The van der Waals surface area contributed by atoms with Crippen molar-refractivity contribution in [1.29, 1.82) is 0 Å². The van der Waals surface area contributed by atoms with Gasteiger partial charge in [-0.2, -0.15) is 0 Å². The van der Waals surface area contributed by atoms with Gasteiger partial charge in [-0.3, -0.25) is 9.59 Å². The number of methoxy groups -OCH3 is 1. The van der Waals surface area contributed by atoms with Gasteiger partial charge in [-0.05, 0) is 24.3 Å². The van der Waals surface area contributed by atoms with Crippen LogP contribution in [0.3, 0.4) is 0 Å². The van der Waals surface area contributed by atoms with Gasteiger partial charge in [0.1, 0.15) is 12.2 Å². The predicted molar refractivity (Wildman–Crippen MR) is 87.4 cm³/mol. The van der Waals surface area contributed by atoms with E-state index in [2.05, 4.69) is 10.6 Å². The van der Waals surface area contributed by atoms with Crippen LogP contribution < -0.4 is 24.8 Å². The van der Waals surface area contributed by atoms with Crippen molar-refractivity contribution >= 4 is 23.2 Å². The first kappa shape index (κ1) is 15.7. The lowest BCUT2D eigenvalue weighted by atomic mass is 10.2. The molecule has 7 nitrogen and oxygen atoms in total. The zero-order valence-corrected chi connectivity index (χ0v) is 13.0. The molecule has 0 unspecified atom stereocenters. The van der Waals surface area contributed by atoms with Gasteiger partial charge in [0.2, 0.25) is 18.6 Å². The molecule has 1 aliphatic rings. The van der Waals surface area contributed by atoms with Crippen molar-refractivity contribution in [2.45, 2.75) is 6.42 Å². The number of fused-ring (bicyclic) bond motifs is 1. The number of anilines is 2. The first-order chi connectivity index (χ1) is 11.6. The summed E-state index contributed by atoms with van der Waals surface area (Å²) in [5.41, 5.74) is 1.11. The van der Waals surface area contributed by atoms with E-state index >= 15 is 0 Å². The molecule has 0 fully saturated rings. The number of benzene rings is 2. The Labute approximate surface area is 138 Å². The fourth-order valence-corrected chi connectivity index (χ4v) is 2.23. The zero-order chi connectivity index (χ0) is 16.9. The summed E-state index contributed by atoms with van der Waals surface area (Å²) in [7, 11) is 1.54. The minimum atomic E-state index is -0.422. The highest BCUT2D eigenvalue weighted by molar-refractivity contribution is 6.08. The van der Waals surface area contributed by atoms with Crippen LogP contribution in [0.25, 0.3) is 0 Å². The lowest BCUT2D eigenvalue weighted by Crippen LogP contribution is -2.21. The van der Waals surface area contributed by atoms with Gasteiger partial charge >= 0.3 is 0 Å². The number of carbonyl (C=O) groups excluding carboxylic acids is 2. The van der Waals surface area contributed by atoms with E-state index < -0.39 is 11.8 Å². The number of carbonyl (C=O) groups is 2. The van der Waals surface area contributed by atoms with E-state index in [1.165, 1.54) is 0 Å². The first-order valence-corrected chi connectivity index (χ1v) is 7.27. The minimum Gasteiger partial charge on any atom is -0.497 e. The predicted octanol–water partition coefficient (Wildman–Crippen LogP) is 2.39. The molecule has 2 amide bonds. The van der Waals surface area contributed by atoms with Crippen LogP contribution in [-0.2, 0) is 9.59 Å². The van der Waals surface area contributed by atoms with E-state index in [0.29, 0.717) is 28.6 Å². The molecular weight excluding hydrogens is 312 g/mol. The van der Waals surface area contributed by atoms with Gasteiger partial charge in [0.05, 0.1) is 7.11 Å². The quantitative estimate of drug-likeness (QED) is 0.823. The molecular formula is C17H16N2O5. The van der Waals surface area contributed by atoms with Crippen LogP contribution in [-0.4, -0.2) is 25.7 Å². The Bertz CT molecular complexity index is 775. The van der Waals surface area contributed by atoms with Crippen LogP contribution in [0.1, 0.15) is 6.42 Å². The maximum atomic E-state index is 12.0. The Kier molecular flexibility index (Phi) is 4.51. The number of rotatable bonds is 5. The molecule has 0 bridgehead atoms. The van der Waals surface area contributed by atoms with Gasteiger partial charge in [0.25, 0.3) is 0 Å². The topological polar surface area (TPSA) is 85.9 Å². The molecule has 0 spiro atoms. The smallest absolute Gasteiger partial charge is 0.233 e. The molecule has 1 aliphatic heterocycles. The van der Waals surface area contributed by atoms with Crippen LogP contribution in [0.5, 0.6) is 17.2 Å². The molecule has 2 aromatic rings. The molecule has 2 N–H and O–H groups in total. The lowest BCUT2D eigenvalue weighted by molar-refractivity contribution is -0.123. The Morgan fingerprint density at radius 3 is 2.46 bits per heavy atom. The summed E-state index contributed by atoms with van der Waals surface area (Å²) in [6.45, 7) is 0.162. The fourth-order valence-electron chi connectivity index (χ4n) is 2.23. The van der Waals surface area contributed by atoms with E-state index in [0.717, 1.165) is 0 Å². The number of hydrogen-bond acceptors (Lipinski definition) is 5. The highest BCUT2D eigenvalue weighted by Gasteiger charge is 2.15. The summed E-state index contributed by atoms with van der Waals surface area (Å²) in [5.74, 6) is 0.978. The second kappa shape index (κ2) is 6.91. The molecule has 1 heterocycles. The summed E-state index contributed by atoms with van der Waals surface area (Å²) in [6, 6.07) is 12.0. The normalized spacial score (nSPS) is 11.7. The minimum absolute atomic E-state index is 0.162. The van der Waals surface area contributed by atoms with Crippen molar-refractivity contribution in [1.82, 2.24) is 0 Å². The Hall–Kier alpha value is -3.22. The second-order valence-corrected chi connectivity index (χ2v) is 5.07. The molecule has 124 valence electrons. The first-order valence-electron chi connectivity index (χ1n) is 7.27. The molecule has 3 rings (SSSR count). The van der Waals surface area contributed by atoms with Crippen LogP contribution in [0.4, 0.5) is 11.4 Å². The van der Waals surface area contributed by atoms with E-state index in [4.69, 9.17) is 14.2 Å². The SMILES string of the molecule is COc1cccc(NC(=O)CC(=O)Nc2ccc3c(c2)OCO3)c1. The van der Waals surface area contributed by atoms with Gasteiger partial charge < -0.3 is 24.8 Å². The third-order valence-corrected chi connectivity index (χ3v) is 3.33. The average molecular weight is 328 g/mol. The van der Waals surface area contributed by atoms with Crippen LogP contribution in [0.2, 0.25) is 0 Å². The average Bonchev–Trinajstić information content (AvgIpc) is 3.02. The Balaban J connectivity index is 1.55. The highest BCUT2D eigenvalue weighted by atomic mass is 16.7. The van der Waals surface area contributed by atoms with Crippen molar-refractivity contribution in [2.24, 2.45) is 0 Å². The van der Waals surface area contributed by atoms with Crippen molar-refractivity contribution in [3.8, 4) is 17.2 Å². The van der Waals surface area contributed by atoms with Crippen molar-refractivity contribution in [3.05, 3.63) is 42.5 Å². The fraction of sp³-hybridized carbons (Fsp3) is 0.176. The zero-order valence-electron chi connectivity index (χ0n) is 13.0. The van der Waals surface area contributed by atoms with E-state index in [9.17, 15) is 9.59 Å². The van der Waals surface area contributed by atoms with E-state index in [1.54, 1.807) is 49.6 Å². The third-order valence-electron chi connectivity index (χ3n) is 3.33. The van der Waals surface area contributed by atoms with E-state index in [-0.39, 0.29) is 13.2 Å². The van der Waals surface area contributed by atoms with Gasteiger partial charge in [-0.1, -0.05) is 6.07 Å². The third kappa shape index (κ3) is 3.75.